The van der Waals surface area contributed by atoms with Gasteiger partial charge in [0, 0.05) is 0 Å². The second-order valence-corrected chi connectivity index (χ2v) is 5.74. The molecule has 0 radical (unpaired) electrons. The zero-order chi connectivity index (χ0) is 19.1. The summed E-state index contributed by atoms with van der Waals surface area (Å²) in [4.78, 5) is 10.8. The van der Waals surface area contributed by atoms with E-state index in [1.807, 2.05) is 24.3 Å². The van der Waals surface area contributed by atoms with E-state index in [4.69, 9.17) is 9.84 Å². The lowest BCUT2D eigenvalue weighted by Gasteiger charge is -2.07. The third-order valence-electron chi connectivity index (χ3n) is 3.72. The van der Waals surface area contributed by atoms with Crippen LogP contribution in [0.5, 0.6) is 5.75 Å². The molecule has 27 heavy (non-hydrogen) atoms. The number of carbonyl (C=O) groups is 1. The highest BCUT2D eigenvalue weighted by Gasteiger charge is 2.01. The molecule has 0 heterocycles. The first-order valence-corrected chi connectivity index (χ1v) is 8.20. The number of hydrogen-bond donors (Lipinski definition) is 2. The lowest BCUT2D eigenvalue weighted by atomic mass is 10.2. The minimum absolute atomic E-state index is 0.218. The first-order chi connectivity index (χ1) is 13.1. The maximum Gasteiger partial charge on any atom is 0.335 e. The van der Waals surface area contributed by atoms with E-state index >= 15 is 0 Å². The summed E-state index contributed by atoms with van der Waals surface area (Å²) in [5, 5.41) is 13.0. The number of hydrazone groups is 1. The predicted octanol–water partition coefficient (Wildman–Crippen LogP) is 4.55. The summed E-state index contributed by atoms with van der Waals surface area (Å²) in [6, 6.07) is 19.8. The van der Waals surface area contributed by atoms with E-state index < -0.39 is 5.97 Å². The van der Waals surface area contributed by atoms with Crippen LogP contribution >= 0.6 is 0 Å². The summed E-state index contributed by atoms with van der Waals surface area (Å²) in [6.07, 6.45) is 1.63. The van der Waals surface area contributed by atoms with Crippen molar-refractivity contribution in [3.63, 3.8) is 0 Å². The Bertz CT molecular complexity index is 938. The quantitative estimate of drug-likeness (QED) is 0.477. The van der Waals surface area contributed by atoms with Crippen LogP contribution in [0, 0.1) is 5.82 Å². The van der Waals surface area contributed by atoms with E-state index in [2.05, 4.69) is 10.5 Å². The molecular formula is C21H17FN2O3. The van der Waals surface area contributed by atoms with Gasteiger partial charge in [0.1, 0.15) is 18.2 Å². The normalized spacial score (nSPS) is 10.7. The van der Waals surface area contributed by atoms with E-state index in [0.717, 1.165) is 11.1 Å². The molecule has 0 aliphatic carbocycles. The van der Waals surface area contributed by atoms with Crippen molar-refractivity contribution in [1.29, 1.82) is 0 Å². The highest BCUT2D eigenvalue weighted by molar-refractivity contribution is 5.88. The molecule has 5 nitrogen and oxygen atoms in total. The smallest absolute Gasteiger partial charge is 0.335 e. The molecule has 0 saturated carbocycles. The first kappa shape index (κ1) is 18.1. The summed E-state index contributed by atoms with van der Waals surface area (Å²) in [5.74, 6) is -0.571. The van der Waals surface area contributed by atoms with Crippen LogP contribution in [0.25, 0.3) is 0 Å². The monoisotopic (exact) mass is 364 g/mol. The Kier molecular flexibility index (Phi) is 5.79. The molecule has 2 N–H and O–H groups in total. The van der Waals surface area contributed by atoms with E-state index in [1.54, 1.807) is 30.5 Å². The van der Waals surface area contributed by atoms with Gasteiger partial charge in [-0.25, -0.2) is 9.18 Å². The van der Waals surface area contributed by atoms with Crippen molar-refractivity contribution in [3.05, 3.63) is 95.3 Å². The van der Waals surface area contributed by atoms with E-state index in [0.29, 0.717) is 18.0 Å². The standard InChI is InChI=1S/C21H17FN2O3/c22-18-8-4-15(5-9-18)14-27-20-3-1-2-16(12-20)13-23-24-19-10-6-17(7-11-19)21(25)26/h1-13,24H,14H2,(H,25,26)/b23-13+. The van der Waals surface area contributed by atoms with Gasteiger partial charge in [0.05, 0.1) is 17.5 Å². The summed E-state index contributed by atoms with van der Waals surface area (Å²) in [7, 11) is 0. The van der Waals surface area contributed by atoms with Gasteiger partial charge < -0.3 is 9.84 Å². The van der Waals surface area contributed by atoms with Gasteiger partial charge in [-0.3, -0.25) is 5.43 Å². The lowest BCUT2D eigenvalue weighted by molar-refractivity contribution is 0.0697. The van der Waals surface area contributed by atoms with Gasteiger partial charge in [-0.05, 0) is 59.7 Å². The highest BCUT2D eigenvalue weighted by atomic mass is 19.1. The number of carboxylic acids is 1. The van der Waals surface area contributed by atoms with Crippen LogP contribution in [0.4, 0.5) is 10.1 Å². The SMILES string of the molecule is O=C(O)c1ccc(N/N=C/c2cccc(OCc3ccc(F)cc3)c2)cc1. The number of aromatic carboxylic acids is 1. The number of rotatable bonds is 7. The van der Waals surface area contributed by atoms with Gasteiger partial charge in [-0.15, -0.1) is 0 Å². The van der Waals surface area contributed by atoms with Crippen molar-refractivity contribution in [2.45, 2.75) is 6.61 Å². The van der Waals surface area contributed by atoms with Crippen molar-refractivity contribution in [1.82, 2.24) is 0 Å². The lowest BCUT2D eigenvalue weighted by Crippen LogP contribution is -1.97. The Balaban J connectivity index is 1.57. The van der Waals surface area contributed by atoms with Crippen LogP contribution in [0.3, 0.4) is 0 Å². The molecule has 3 rings (SSSR count). The van der Waals surface area contributed by atoms with Gasteiger partial charge in [-0.2, -0.15) is 5.10 Å². The minimum atomic E-state index is -0.970. The van der Waals surface area contributed by atoms with Gasteiger partial charge in [0.15, 0.2) is 0 Å². The highest BCUT2D eigenvalue weighted by Crippen LogP contribution is 2.15. The molecule has 136 valence electrons. The third-order valence-corrected chi connectivity index (χ3v) is 3.72. The van der Waals surface area contributed by atoms with Crippen LogP contribution in [0.1, 0.15) is 21.5 Å². The van der Waals surface area contributed by atoms with Crippen LogP contribution in [0.2, 0.25) is 0 Å². The Morgan fingerprint density at radius 3 is 2.52 bits per heavy atom. The second-order valence-electron chi connectivity index (χ2n) is 5.74. The Hall–Kier alpha value is -3.67. The molecule has 0 atom stereocenters. The van der Waals surface area contributed by atoms with Crippen molar-refractivity contribution < 1.29 is 19.0 Å². The topological polar surface area (TPSA) is 70.9 Å². The third kappa shape index (κ3) is 5.40. The molecule has 3 aromatic carbocycles. The number of hydrogen-bond acceptors (Lipinski definition) is 4. The molecule has 6 heteroatoms. The number of halogens is 1. The number of nitrogens with zero attached hydrogens (tertiary/aromatic N) is 1. The molecule has 0 saturated heterocycles. The number of ether oxygens (including phenoxy) is 1. The zero-order valence-electron chi connectivity index (χ0n) is 14.3. The molecule has 0 unspecified atom stereocenters. The minimum Gasteiger partial charge on any atom is -0.489 e. The van der Waals surface area contributed by atoms with Gasteiger partial charge in [-0.1, -0.05) is 24.3 Å². The van der Waals surface area contributed by atoms with Gasteiger partial charge >= 0.3 is 5.97 Å². The first-order valence-electron chi connectivity index (χ1n) is 8.20. The molecule has 0 spiro atoms. The van der Waals surface area contributed by atoms with Crippen molar-refractivity contribution in [2.24, 2.45) is 5.10 Å². The fraction of sp³-hybridized carbons (Fsp3) is 0.0476. The van der Waals surface area contributed by atoms with Crippen molar-refractivity contribution in [3.8, 4) is 5.75 Å². The van der Waals surface area contributed by atoms with Crippen LogP contribution in [0.15, 0.2) is 77.9 Å². The van der Waals surface area contributed by atoms with E-state index in [9.17, 15) is 9.18 Å². The fourth-order valence-corrected chi connectivity index (χ4v) is 2.30. The second kappa shape index (κ2) is 8.62. The number of benzene rings is 3. The molecule has 0 fully saturated rings. The molecular weight excluding hydrogens is 347 g/mol. The Labute approximate surface area is 155 Å². The molecule has 0 aromatic heterocycles. The van der Waals surface area contributed by atoms with Crippen LogP contribution in [-0.4, -0.2) is 17.3 Å². The van der Waals surface area contributed by atoms with Crippen molar-refractivity contribution >= 4 is 17.9 Å². The average molecular weight is 364 g/mol. The molecule has 0 aliphatic heterocycles. The van der Waals surface area contributed by atoms with Gasteiger partial charge in [0.25, 0.3) is 0 Å². The zero-order valence-corrected chi connectivity index (χ0v) is 14.3. The summed E-state index contributed by atoms with van der Waals surface area (Å²) < 4.78 is 18.6. The van der Waals surface area contributed by atoms with Crippen LogP contribution < -0.4 is 10.2 Å². The largest absolute Gasteiger partial charge is 0.489 e. The maximum atomic E-state index is 12.9. The number of anilines is 1. The van der Waals surface area contributed by atoms with Gasteiger partial charge in [0.2, 0.25) is 0 Å². The summed E-state index contributed by atoms with van der Waals surface area (Å²) >= 11 is 0. The summed E-state index contributed by atoms with van der Waals surface area (Å²) in [6.45, 7) is 0.342. The molecule has 0 bridgehead atoms. The number of carboxylic acid groups (broad SMARTS) is 1. The maximum absolute atomic E-state index is 12.9. The van der Waals surface area contributed by atoms with Crippen molar-refractivity contribution in [2.75, 3.05) is 5.43 Å². The number of nitrogens with one attached hydrogen (secondary N) is 1. The Morgan fingerprint density at radius 1 is 1.07 bits per heavy atom. The Morgan fingerprint density at radius 2 is 1.81 bits per heavy atom. The predicted molar refractivity (Wildman–Crippen MR) is 102 cm³/mol. The summed E-state index contributed by atoms with van der Waals surface area (Å²) in [5.41, 5.74) is 5.45. The molecule has 3 aromatic rings. The van der Waals surface area contributed by atoms with E-state index in [1.165, 1.54) is 24.3 Å². The van der Waals surface area contributed by atoms with E-state index in [-0.39, 0.29) is 11.4 Å². The fourth-order valence-electron chi connectivity index (χ4n) is 2.30. The average Bonchev–Trinajstić information content (AvgIpc) is 2.68. The molecule has 0 aliphatic rings. The van der Waals surface area contributed by atoms with Crippen LogP contribution in [-0.2, 0) is 6.61 Å². The molecule has 0 amide bonds.